The number of hydrogen-bond donors (Lipinski definition) is 1. The number of thiazole rings is 1. The number of benzene rings is 1. The minimum absolute atomic E-state index is 0.806. The van der Waals surface area contributed by atoms with Crippen molar-refractivity contribution in [3.8, 4) is 10.6 Å². The van der Waals surface area contributed by atoms with Crippen molar-refractivity contribution >= 4 is 11.3 Å². The Morgan fingerprint density at radius 3 is 2.62 bits per heavy atom. The lowest BCUT2D eigenvalue weighted by Crippen LogP contribution is -2.12. The van der Waals surface area contributed by atoms with Crippen LogP contribution in [0.4, 0.5) is 0 Å². The van der Waals surface area contributed by atoms with E-state index in [1.165, 1.54) is 5.56 Å². The average molecular weight is 233 g/mol. The van der Waals surface area contributed by atoms with Gasteiger partial charge in [-0.05, 0) is 26.8 Å². The molecule has 0 saturated heterocycles. The summed E-state index contributed by atoms with van der Waals surface area (Å²) in [5.41, 5.74) is 1.53. The Morgan fingerprint density at radius 1 is 1.31 bits per heavy atom. The number of aryl methyl sites for hydroxylation is 1. The van der Waals surface area contributed by atoms with E-state index in [4.69, 9.17) is 0 Å². The second kappa shape index (κ2) is 4.00. The molecule has 0 bridgehead atoms. The van der Waals surface area contributed by atoms with Crippen LogP contribution in [-0.2, 0) is 5.60 Å². The molecule has 0 aliphatic rings. The van der Waals surface area contributed by atoms with Crippen molar-refractivity contribution < 1.29 is 5.11 Å². The van der Waals surface area contributed by atoms with Crippen molar-refractivity contribution in [2.24, 2.45) is 0 Å². The average Bonchev–Trinajstić information content (AvgIpc) is 2.65. The Labute approximate surface area is 99.6 Å². The van der Waals surface area contributed by atoms with Crippen LogP contribution in [0, 0.1) is 6.92 Å². The number of hydrogen-bond acceptors (Lipinski definition) is 3. The van der Waals surface area contributed by atoms with Crippen molar-refractivity contribution in [1.82, 2.24) is 4.98 Å². The molecule has 2 nitrogen and oxygen atoms in total. The second-order valence-corrected chi connectivity index (χ2v) is 5.49. The highest BCUT2D eigenvalue weighted by atomic mass is 32.1. The van der Waals surface area contributed by atoms with Crippen molar-refractivity contribution in [2.75, 3.05) is 0 Å². The molecule has 1 heterocycles. The van der Waals surface area contributed by atoms with Crippen molar-refractivity contribution in [2.45, 2.75) is 26.4 Å². The van der Waals surface area contributed by atoms with Gasteiger partial charge in [0.05, 0.1) is 10.5 Å². The lowest BCUT2D eigenvalue weighted by Gasteiger charge is -2.13. The Morgan fingerprint density at radius 2 is 2.06 bits per heavy atom. The number of nitrogens with zero attached hydrogens (tertiary/aromatic N) is 1. The molecular weight excluding hydrogens is 218 g/mol. The first-order chi connectivity index (χ1) is 7.47. The van der Waals surface area contributed by atoms with Crippen molar-refractivity contribution in [1.29, 1.82) is 0 Å². The number of rotatable bonds is 2. The monoisotopic (exact) mass is 233 g/mol. The summed E-state index contributed by atoms with van der Waals surface area (Å²) in [6.45, 7) is 5.62. The van der Waals surface area contributed by atoms with Gasteiger partial charge in [-0.3, -0.25) is 0 Å². The lowest BCUT2D eigenvalue weighted by atomic mass is 10.1. The molecule has 2 rings (SSSR count). The van der Waals surface area contributed by atoms with Crippen molar-refractivity contribution in [3.05, 3.63) is 40.9 Å². The summed E-state index contributed by atoms with van der Waals surface area (Å²) in [4.78, 5) is 5.25. The molecule has 3 heteroatoms. The van der Waals surface area contributed by atoms with Gasteiger partial charge >= 0.3 is 0 Å². The molecule has 2 aromatic rings. The van der Waals surface area contributed by atoms with E-state index in [0.29, 0.717) is 0 Å². The van der Waals surface area contributed by atoms with Crippen LogP contribution < -0.4 is 0 Å². The predicted octanol–water partition coefficient (Wildman–Crippen LogP) is 3.35. The van der Waals surface area contributed by atoms with Gasteiger partial charge in [0.2, 0.25) is 0 Å². The highest BCUT2D eigenvalue weighted by Gasteiger charge is 2.19. The molecular formula is C13H15NOS. The molecule has 0 aliphatic heterocycles. The first-order valence-electron chi connectivity index (χ1n) is 5.22. The van der Waals surface area contributed by atoms with Gasteiger partial charge in [-0.25, -0.2) is 4.98 Å². The molecule has 1 N–H and O–H groups in total. The number of aromatic nitrogens is 1. The molecule has 16 heavy (non-hydrogen) atoms. The van der Waals surface area contributed by atoms with E-state index in [0.717, 1.165) is 15.4 Å². The summed E-state index contributed by atoms with van der Waals surface area (Å²) in [5, 5.41) is 10.8. The highest BCUT2D eigenvalue weighted by molar-refractivity contribution is 7.15. The maximum atomic E-state index is 9.87. The summed E-state index contributed by atoms with van der Waals surface area (Å²) in [6, 6.07) is 8.23. The Kier molecular flexibility index (Phi) is 2.82. The fourth-order valence-electron chi connectivity index (χ4n) is 1.47. The Balaban J connectivity index is 2.39. The molecule has 1 aromatic heterocycles. The molecule has 0 amide bonds. The van der Waals surface area contributed by atoms with E-state index >= 15 is 0 Å². The van der Waals surface area contributed by atoms with Gasteiger partial charge in [0, 0.05) is 11.8 Å². The molecule has 0 fully saturated rings. The third-order valence-corrected chi connectivity index (χ3v) is 3.73. The molecule has 0 aliphatic carbocycles. The Bertz CT molecular complexity index is 497. The normalized spacial score (nSPS) is 11.8. The van der Waals surface area contributed by atoms with Crippen LogP contribution in [0.1, 0.15) is 24.3 Å². The van der Waals surface area contributed by atoms with Gasteiger partial charge in [0.1, 0.15) is 5.01 Å². The quantitative estimate of drug-likeness (QED) is 0.863. The Hall–Kier alpha value is -1.19. The van der Waals surface area contributed by atoms with E-state index < -0.39 is 5.60 Å². The first kappa shape index (κ1) is 11.3. The minimum atomic E-state index is -0.806. The van der Waals surface area contributed by atoms with Crippen LogP contribution in [0.2, 0.25) is 0 Å². The maximum Gasteiger partial charge on any atom is 0.123 e. The van der Waals surface area contributed by atoms with E-state index in [-0.39, 0.29) is 0 Å². The zero-order chi connectivity index (χ0) is 11.8. The molecule has 0 atom stereocenters. The standard InChI is InChI=1S/C13H15NOS/c1-9-5-4-6-10(7-9)12-14-8-11(16-12)13(2,3)15/h4-8,15H,1-3H3. The van der Waals surface area contributed by atoms with Gasteiger partial charge < -0.3 is 5.11 Å². The van der Waals surface area contributed by atoms with Gasteiger partial charge in [-0.15, -0.1) is 11.3 Å². The van der Waals surface area contributed by atoms with Crippen LogP contribution in [0.25, 0.3) is 10.6 Å². The van der Waals surface area contributed by atoms with Crippen molar-refractivity contribution in [3.63, 3.8) is 0 Å². The van der Waals surface area contributed by atoms with E-state index in [1.807, 2.05) is 12.1 Å². The van der Waals surface area contributed by atoms with Gasteiger partial charge in [-0.1, -0.05) is 23.8 Å². The van der Waals surface area contributed by atoms with Crippen LogP contribution in [0.15, 0.2) is 30.5 Å². The SMILES string of the molecule is Cc1cccc(-c2ncc(C(C)(C)O)s2)c1. The second-order valence-electron chi connectivity index (χ2n) is 4.46. The fraction of sp³-hybridized carbons (Fsp3) is 0.308. The van der Waals surface area contributed by atoms with E-state index in [2.05, 4.69) is 24.0 Å². The first-order valence-corrected chi connectivity index (χ1v) is 6.04. The van der Waals surface area contributed by atoms with Crippen LogP contribution >= 0.6 is 11.3 Å². The number of aliphatic hydroxyl groups is 1. The van der Waals surface area contributed by atoms with E-state index in [1.54, 1.807) is 31.4 Å². The zero-order valence-corrected chi connectivity index (χ0v) is 10.5. The third kappa shape index (κ3) is 2.31. The fourth-order valence-corrected chi connectivity index (χ4v) is 2.38. The smallest absolute Gasteiger partial charge is 0.123 e. The third-order valence-electron chi connectivity index (χ3n) is 2.37. The predicted molar refractivity (Wildman–Crippen MR) is 67.5 cm³/mol. The zero-order valence-electron chi connectivity index (χ0n) is 9.69. The lowest BCUT2D eigenvalue weighted by molar-refractivity contribution is 0.0823. The molecule has 0 saturated carbocycles. The summed E-state index contributed by atoms with van der Waals surface area (Å²) in [7, 11) is 0. The highest BCUT2D eigenvalue weighted by Crippen LogP contribution is 2.31. The van der Waals surface area contributed by atoms with Crippen LogP contribution in [0.5, 0.6) is 0 Å². The summed E-state index contributed by atoms with van der Waals surface area (Å²) in [6.07, 6.45) is 1.75. The molecule has 0 unspecified atom stereocenters. The summed E-state index contributed by atoms with van der Waals surface area (Å²) in [5.74, 6) is 0. The van der Waals surface area contributed by atoms with Gasteiger partial charge in [0.15, 0.2) is 0 Å². The van der Waals surface area contributed by atoms with Crippen LogP contribution in [0.3, 0.4) is 0 Å². The summed E-state index contributed by atoms with van der Waals surface area (Å²) >= 11 is 1.54. The topological polar surface area (TPSA) is 33.1 Å². The van der Waals surface area contributed by atoms with Gasteiger partial charge in [0.25, 0.3) is 0 Å². The maximum absolute atomic E-state index is 9.87. The summed E-state index contributed by atoms with van der Waals surface area (Å²) < 4.78 is 0. The molecule has 0 radical (unpaired) electrons. The van der Waals surface area contributed by atoms with Crippen LogP contribution in [-0.4, -0.2) is 10.1 Å². The molecule has 1 aromatic carbocycles. The van der Waals surface area contributed by atoms with E-state index in [9.17, 15) is 5.11 Å². The molecule has 84 valence electrons. The van der Waals surface area contributed by atoms with Gasteiger partial charge in [-0.2, -0.15) is 0 Å². The minimum Gasteiger partial charge on any atom is -0.385 e. The molecule has 0 spiro atoms. The largest absolute Gasteiger partial charge is 0.385 e.